The lowest BCUT2D eigenvalue weighted by atomic mass is 9.78. The lowest BCUT2D eigenvalue weighted by molar-refractivity contribution is -0.262. The topological polar surface area (TPSA) is 64.1 Å². The van der Waals surface area contributed by atoms with Crippen LogP contribution in [0.4, 0.5) is 23.2 Å². The van der Waals surface area contributed by atoms with Crippen molar-refractivity contribution in [3.63, 3.8) is 0 Å². The fraction of sp³-hybridized carbons (Fsp3) is 0.533. The van der Waals surface area contributed by atoms with Crippen LogP contribution in [0.25, 0.3) is 0 Å². The lowest BCUT2D eigenvalue weighted by Gasteiger charge is -2.42. The number of alkyl halides is 4. The molecule has 0 aliphatic carbocycles. The van der Waals surface area contributed by atoms with Crippen molar-refractivity contribution in [3.05, 3.63) is 64.7 Å². The molecule has 5 rings (SSSR count). The molecule has 2 aromatic rings. The molecule has 0 bridgehead atoms. The van der Waals surface area contributed by atoms with Gasteiger partial charge in [-0.25, -0.2) is 4.39 Å². The normalized spacial score (nSPS) is 22.6. The molecule has 0 saturated carbocycles. The third-order valence-electron chi connectivity index (χ3n) is 8.91. The molecule has 0 spiro atoms. The number of benzene rings is 2. The number of aliphatic hydroxyl groups is 1. The number of amides is 2. The molecule has 41 heavy (non-hydrogen) atoms. The highest BCUT2D eigenvalue weighted by Gasteiger charge is 2.62. The highest BCUT2D eigenvalue weighted by Crippen LogP contribution is 2.42. The number of nitrogens with zero attached hydrogens (tertiary/aromatic N) is 3. The van der Waals surface area contributed by atoms with Crippen LogP contribution in [0.15, 0.2) is 48.5 Å². The van der Waals surface area contributed by atoms with Crippen LogP contribution in [-0.2, 0) is 10.4 Å². The lowest BCUT2D eigenvalue weighted by Crippen LogP contribution is -2.57. The number of rotatable bonds is 5. The highest BCUT2D eigenvalue weighted by molar-refractivity contribution is 6.34. The molecule has 3 aliphatic heterocycles. The Labute approximate surface area is 241 Å². The highest BCUT2D eigenvalue weighted by atomic mass is 35.5. The third kappa shape index (κ3) is 5.91. The van der Waals surface area contributed by atoms with Crippen LogP contribution in [-0.4, -0.2) is 78.3 Å². The zero-order valence-corrected chi connectivity index (χ0v) is 23.4. The van der Waals surface area contributed by atoms with Crippen LogP contribution in [0.2, 0.25) is 5.02 Å². The Balaban J connectivity index is 1.15. The second-order valence-corrected chi connectivity index (χ2v) is 11.7. The molecular formula is C30H34ClF4N3O3. The van der Waals surface area contributed by atoms with Gasteiger partial charge in [-0.05, 0) is 62.1 Å². The first-order chi connectivity index (χ1) is 19.5. The predicted octanol–water partition coefficient (Wildman–Crippen LogP) is 5.43. The molecule has 0 unspecified atom stereocenters. The number of hydrogen-bond donors (Lipinski definition) is 1. The summed E-state index contributed by atoms with van der Waals surface area (Å²) in [7, 11) is 0. The molecule has 1 N–H and O–H groups in total. The molecule has 222 valence electrons. The zero-order chi connectivity index (χ0) is 29.4. The Kier molecular flexibility index (Phi) is 8.53. The number of likely N-dealkylation sites (tertiary alicyclic amines) is 2. The van der Waals surface area contributed by atoms with Crippen molar-refractivity contribution in [2.75, 3.05) is 44.2 Å². The van der Waals surface area contributed by atoms with E-state index < -0.39 is 29.4 Å². The number of piperidine rings is 2. The Hall–Kier alpha value is -2.85. The third-order valence-corrected chi connectivity index (χ3v) is 9.22. The summed E-state index contributed by atoms with van der Waals surface area (Å²) < 4.78 is 55.4. The van der Waals surface area contributed by atoms with Gasteiger partial charge in [-0.15, -0.1) is 0 Å². The molecule has 3 fully saturated rings. The van der Waals surface area contributed by atoms with Gasteiger partial charge in [0.05, 0.1) is 17.1 Å². The molecule has 11 heteroatoms. The summed E-state index contributed by atoms with van der Waals surface area (Å²) in [6.45, 7) is 2.35. The van der Waals surface area contributed by atoms with Crippen LogP contribution in [0.3, 0.4) is 0 Å². The Morgan fingerprint density at radius 1 is 0.829 bits per heavy atom. The summed E-state index contributed by atoms with van der Waals surface area (Å²) >= 11 is 6.46. The molecule has 2 aromatic carbocycles. The summed E-state index contributed by atoms with van der Waals surface area (Å²) in [5, 5.41) is 11.0. The largest absolute Gasteiger partial charge is 0.430 e. The fourth-order valence-corrected chi connectivity index (χ4v) is 6.72. The maximum Gasteiger partial charge on any atom is 0.430 e. The Bertz CT molecular complexity index is 1250. The molecule has 6 nitrogen and oxygen atoms in total. The van der Waals surface area contributed by atoms with Crippen molar-refractivity contribution in [2.24, 2.45) is 11.8 Å². The smallest absolute Gasteiger partial charge is 0.371 e. The van der Waals surface area contributed by atoms with Crippen LogP contribution in [0, 0.1) is 11.8 Å². The van der Waals surface area contributed by atoms with Gasteiger partial charge in [-0.3, -0.25) is 9.59 Å². The number of anilines is 1. The van der Waals surface area contributed by atoms with Gasteiger partial charge in [0.25, 0.3) is 17.4 Å². The summed E-state index contributed by atoms with van der Waals surface area (Å²) in [6.07, 6.45) is -2.86. The first-order valence-corrected chi connectivity index (χ1v) is 14.5. The molecule has 3 saturated heterocycles. The Morgan fingerprint density at radius 2 is 1.41 bits per heavy atom. The van der Waals surface area contributed by atoms with Crippen molar-refractivity contribution in [2.45, 2.75) is 50.1 Å². The average molecular weight is 596 g/mol. The van der Waals surface area contributed by atoms with E-state index in [9.17, 15) is 32.3 Å². The standard InChI is InChI=1S/C30H34ClF4N3O3/c31-26-18-24(6-7-25(26)27(39)38-17-12-23(32)19-38)36-13-8-20(9-14-36)21-10-15-37(16-11-21)28(40)29(41,30(33,34)35)22-4-2-1-3-5-22/h1-7,18,20-21,23,41H,8-17,19H2/t23-,29+/m0/s1. The zero-order valence-electron chi connectivity index (χ0n) is 22.6. The van der Waals surface area contributed by atoms with Gasteiger partial charge in [0.15, 0.2) is 0 Å². The van der Waals surface area contributed by atoms with E-state index in [4.69, 9.17) is 11.6 Å². The van der Waals surface area contributed by atoms with Gasteiger partial charge in [-0.2, -0.15) is 13.2 Å². The minimum atomic E-state index is -5.14. The monoisotopic (exact) mass is 595 g/mol. The van der Waals surface area contributed by atoms with Gasteiger partial charge in [0.2, 0.25) is 0 Å². The second kappa shape index (κ2) is 11.8. The van der Waals surface area contributed by atoms with E-state index in [1.807, 2.05) is 6.07 Å². The molecule has 2 atom stereocenters. The van der Waals surface area contributed by atoms with Gasteiger partial charge in [0.1, 0.15) is 6.17 Å². The molecule has 3 heterocycles. The van der Waals surface area contributed by atoms with Crippen molar-refractivity contribution >= 4 is 29.1 Å². The summed E-state index contributed by atoms with van der Waals surface area (Å²) in [5.74, 6) is -0.931. The number of halogens is 5. The van der Waals surface area contributed by atoms with Gasteiger partial charge in [0, 0.05) is 44.0 Å². The van der Waals surface area contributed by atoms with Crippen molar-refractivity contribution in [1.29, 1.82) is 0 Å². The molecule has 3 aliphatic rings. The quantitative estimate of drug-likeness (QED) is 0.469. The Morgan fingerprint density at radius 3 is 1.95 bits per heavy atom. The van der Waals surface area contributed by atoms with Crippen molar-refractivity contribution in [1.82, 2.24) is 9.80 Å². The molecular weight excluding hydrogens is 562 g/mol. The van der Waals surface area contributed by atoms with E-state index in [2.05, 4.69) is 4.90 Å². The number of carbonyl (C=O) groups excluding carboxylic acids is 2. The van der Waals surface area contributed by atoms with E-state index >= 15 is 0 Å². The van der Waals surface area contributed by atoms with E-state index in [0.717, 1.165) is 48.7 Å². The maximum atomic E-state index is 14.0. The van der Waals surface area contributed by atoms with Crippen LogP contribution >= 0.6 is 11.6 Å². The van der Waals surface area contributed by atoms with E-state index in [1.54, 1.807) is 12.1 Å². The number of hydrogen-bond acceptors (Lipinski definition) is 4. The fourth-order valence-electron chi connectivity index (χ4n) is 6.47. The number of carbonyl (C=O) groups is 2. The first kappa shape index (κ1) is 29.6. The minimum Gasteiger partial charge on any atom is -0.371 e. The summed E-state index contributed by atoms with van der Waals surface area (Å²) in [6, 6.07) is 11.9. The maximum absolute atomic E-state index is 14.0. The average Bonchev–Trinajstić information content (AvgIpc) is 3.42. The van der Waals surface area contributed by atoms with E-state index in [0.29, 0.717) is 42.3 Å². The van der Waals surface area contributed by atoms with E-state index in [1.165, 1.54) is 23.1 Å². The van der Waals surface area contributed by atoms with Crippen molar-refractivity contribution < 1.29 is 32.3 Å². The molecule has 2 amide bonds. The predicted molar refractivity (Wildman–Crippen MR) is 148 cm³/mol. The first-order valence-electron chi connectivity index (χ1n) is 14.1. The van der Waals surface area contributed by atoms with Crippen LogP contribution in [0.1, 0.15) is 48.0 Å². The SMILES string of the molecule is O=C(c1ccc(N2CCC(C3CCN(C(=O)[C@](O)(c4ccccc4)C(F)(F)F)CC3)CC2)cc1Cl)N1CC[C@H](F)C1. The summed E-state index contributed by atoms with van der Waals surface area (Å²) in [4.78, 5) is 30.6. The molecule has 0 radical (unpaired) electrons. The molecule has 0 aromatic heterocycles. The van der Waals surface area contributed by atoms with Crippen molar-refractivity contribution in [3.8, 4) is 0 Å². The van der Waals surface area contributed by atoms with Gasteiger partial charge < -0.3 is 19.8 Å². The second-order valence-electron chi connectivity index (χ2n) is 11.3. The van der Waals surface area contributed by atoms with Gasteiger partial charge >= 0.3 is 6.18 Å². The van der Waals surface area contributed by atoms with Gasteiger partial charge in [-0.1, -0.05) is 41.9 Å². The summed E-state index contributed by atoms with van der Waals surface area (Å²) in [5.41, 5.74) is -2.78. The van der Waals surface area contributed by atoms with E-state index in [-0.39, 0.29) is 31.5 Å². The minimum absolute atomic E-state index is 0.0910. The van der Waals surface area contributed by atoms with Crippen LogP contribution < -0.4 is 4.90 Å². The van der Waals surface area contributed by atoms with Crippen LogP contribution in [0.5, 0.6) is 0 Å².